The number of anilines is 3. The summed E-state index contributed by atoms with van der Waals surface area (Å²) < 4.78 is 0. The number of pyridine rings is 1. The van der Waals surface area contributed by atoms with Gasteiger partial charge < -0.3 is 10.6 Å². The van der Waals surface area contributed by atoms with Crippen molar-refractivity contribution in [2.45, 2.75) is 0 Å². The topological polar surface area (TPSA) is 157 Å². The van der Waals surface area contributed by atoms with Crippen LogP contribution in [0.15, 0.2) is 30.9 Å². The van der Waals surface area contributed by atoms with E-state index >= 15 is 0 Å². The zero-order valence-electron chi connectivity index (χ0n) is 12.5. The van der Waals surface area contributed by atoms with Crippen molar-refractivity contribution in [3.63, 3.8) is 0 Å². The largest absolute Gasteiger partial charge is 0.393 e. The average molecular weight is 323 g/mol. The highest BCUT2D eigenvalue weighted by Gasteiger charge is 2.15. The van der Waals surface area contributed by atoms with Crippen LogP contribution in [0, 0.1) is 22.7 Å². The molecular weight excluding hydrogens is 310 g/mol. The first kappa shape index (κ1) is 16.5. The summed E-state index contributed by atoms with van der Waals surface area (Å²) in [6, 6.07) is 7.09. The molecule has 1 amide bonds. The Balaban J connectivity index is 2.14. The minimum absolute atomic E-state index is 0.0593. The van der Waals surface area contributed by atoms with Crippen molar-refractivity contribution in [2.24, 2.45) is 0 Å². The molecule has 0 aromatic carbocycles. The van der Waals surface area contributed by atoms with Crippen molar-refractivity contribution in [3.05, 3.63) is 36.4 Å². The molecule has 10 nitrogen and oxygen atoms in total. The van der Waals surface area contributed by atoms with Gasteiger partial charge in [0.2, 0.25) is 0 Å². The third-order valence-corrected chi connectivity index (χ3v) is 2.90. The van der Waals surface area contributed by atoms with E-state index in [9.17, 15) is 4.79 Å². The van der Waals surface area contributed by atoms with Crippen molar-refractivity contribution in [2.75, 3.05) is 29.1 Å². The van der Waals surface area contributed by atoms with E-state index in [0.29, 0.717) is 5.56 Å². The van der Waals surface area contributed by atoms with E-state index in [2.05, 4.69) is 25.8 Å². The molecule has 2 aromatic heterocycles. The molecule has 0 bridgehead atoms. The number of rotatable bonds is 6. The van der Waals surface area contributed by atoms with Crippen LogP contribution in [0.4, 0.5) is 17.3 Å². The number of nitrogen functional groups attached to an aromatic ring is 1. The standard InChI is InChI=1S/C14H13N9O/c15-3-6-23(7-4-16)13-11(17)12(19-9-20-13)21-22-14(24)10-2-1-5-18-8-10/h1-2,5,8-9H,6-7,17H2,(H,22,24)(H,19,20,21). The molecule has 2 rings (SSSR count). The maximum atomic E-state index is 12.0. The molecule has 10 heteroatoms. The highest BCUT2D eigenvalue weighted by atomic mass is 16.2. The zero-order valence-corrected chi connectivity index (χ0v) is 12.5. The number of nitrogens with zero attached hydrogens (tertiary/aromatic N) is 6. The number of nitrogens with one attached hydrogen (secondary N) is 2. The van der Waals surface area contributed by atoms with Crippen molar-refractivity contribution in [1.29, 1.82) is 10.5 Å². The lowest BCUT2D eigenvalue weighted by Gasteiger charge is -2.20. The lowest BCUT2D eigenvalue weighted by molar-refractivity contribution is 0.0962. The molecule has 0 spiro atoms. The zero-order chi connectivity index (χ0) is 17.4. The van der Waals surface area contributed by atoms with E-state index in [1.807, 2.05) is 12.1 Å². The van der Waals surface area contributed by atoms with Crippen LogP contribution in [0.3, 0.4) is 0 Å². The second kappa shape index (κ2) is 7.91. The lowest BCUT2D eigenvalue weighted by Crippen LogP contribution is -2.31. The van der Waals surface area contributed by atoms with Crippen LogP contribution in [0.1, 0.15) is 10.4 Å². The molecule has 0 aliphatic rings. The first-order valence-corrected chi connectivity index (χ1v) is 6.73. The Morgan fingerprint density at radius 2 is 2.04 bits per heavy atom. The van der Waals surface area contributed by atoms with Crippen molar-refractivity contribution in [1.82, 2.24) is 20.4 Å². The summed E-state index contributed by atoms with van der Waals surface area (Å²) >= 11 is 0. The van der Waals surface area contributed by atoms with Crippen LogP contribution >= 0.6 is 0 Å². The van der Waals surface area contributed by atoms with E-state index in [1.165, 1.54) is 17.4 Å². The summed E-state index contributed by atoms with van der Waals surface area (Å²) in [6.45, 7) is -0.119. The summed E-state index contributed by atoms with van der Waals surface area (Å²) in [6.07, 6.45) is 4.18. The van der Waals surface area contributed by atoms with Crippen LogP contribution in [0.2, 0.25) is 0 Å². The summed E-state index contributed by atoms with van der Waals surface area (Å²) in [7, 11) is 0. The maximum Gasteiger partial charge on any atom is 0.271 e. The summed E-state index contributed by atoms with van der Waals surface area (Å²) in [5.74, 6) is -0.0436. The number of hydrogen-bond donors (Lipinski definition) is 3. The number of carbonyl (C=O) groups excluding carboxylic acids is 1. The SMILES string of the molecule is N#CCN(CC#N)c1ncnc(NNC(=O)c2cccnc2)c1N. The Labute approximate surface area is 137 Å². The van der Waals surface area contributed by atoms with E-state index in [1.54, 1.807) is 18.3 Å². The second-order valence-electron chi connectivity index (χ2n) is 4.45. The van der Waals surface area contributed by atoms with Gasteiger partial charge in [0.05, 0.1) is 17.7 Å². The molecule has 0 saturated heterocycles. The first-order chi connectivity index (χ1) is 11.7. The Hall–Kier alpha value is -3.92. The predicted molar refractivity (Wildman–Crippen MR) is 85.2 cm³/mol. The van der Waals surface area contributed by atoms with Crippen LogP contribution in [-0.2, 0) is 0 Å². The van der Waals surface area contributed by atoms with Gasteiger partial charge in [0.1, 0.15) is 25.1 Å². The third-order valence-electron chi connectivity index (χ3n) is 2.90. The van der Waals surface area contributed by atoms with Crippen LogP contribution < -0.4 is 21.5 Å². The number of hydrogen-bond acceptors (Lipinski definition) is 9. The van der Waals surface area contributed by atoms with Crippen molar-refractivity contribution in [3.8, 4) is 12.1 Å². The predicted octanol–water partition coefficient (Wildman–Crippen LogP) is 0.0643. The molecule has 24 heavy (non-hydrogen) atoms. The number of aromatic nitrogens is 3. The van der Waals surface area contributed by atoms with Gasteiger partial charge in [-0.1, -0.05) is 0 Å². The highest BCUT2D eigenvalue weighted by molar-refractivity contribution is 5.94. The summed E-state index contributed by atoms with van der Waals surface area (Å²) in [4.78, 5) is 25.1. The molecule has 0 saturated carbocycles. The van der Waals surface area contributed by atoms with Gasteiger partial charge in [0.25, 0.3) is 5.91 Å². The number of carbonyl (C=O) groups is 1. The molecular formula is C14H13N9O. The molecule has 0 fully saturated rings. The number of nitrogens with two attached hydrogens (primary N) is 1. The highest BCUT2D eigenvalue weighted by Crippen LogP contribution is 2.25. The Kier molecular flexibility index (Phi) is 5.42. The quantitative estimate of drug-likeness (QED) is 0.494. The van der Waals surface area contributed by atoms with Crippen molar-refractivity contribution >= 4 is 23.2 Å². The summed E-state index contributed by atoms with van der Waals surface area (Å²) in [5.41, 5.74) is 11.5. The fraction of sp³-hybridized carbons (Fsp3) is 0.143. The minimum atomic E-state index is -0.423. The Morgan fingerprint density at radius 3 is 2.67 bits per heavy atom. The van der Waals surface area contributed by atoms with Crippen molar-refractivity contribution < 1.29 is 4.79 Å². The van der Waals surface area contributed by atoms with Gasteiger partial charge in [-0.25, -0.2) is 9.97 Å². The molecule has 0 aliphatic heterocycles. The molecule has 0 unspecified atom stereocenters. The average Bonchev–Trinajstić information content (AvgIpc) is 2.61. The van der Waals surface area contributed by atoms with Gasteiger partial charge in [0.15, 0.2) is 11.6 Å². The monoisotopic (exact) mass is 323 g/mol. The van der Waals surface area contributed by atoms with Gasteiger partial charge in [-0.15, -0.1) is 0 Å². The molecule has 2 heterocycles. The van der Waals surface area contributed by atoms with Gasteiger partial charge in [-0.3, -0.25) is 20.6 Å². The smallest absolute Gasteiger partial charge is 0.271 e. The van der Waals surface area contributed by atoms with E-state index in [0.717, 1.165) is 0 Å². The lowest BCUT2D eigenvalue weighted by atomic mass is 10.3. The number of amides is 1. The normalized spacial score (nSPS) is 9.42. The number of nitriles is 2. The van der Waals surface area contributed by atoms with E-state index in [4.69, 9.17) is 16.3 Å². The maximum absolute atomic E-state index is 12.0. The molecule has 0 radical (unpaired) electrons. The summed E-state index contributed by atoms with van der Waals surface area (Å²) in [5, 5.41) is 17.6. The Morgan fingerprint density at radius 1 is 1.29 bits per heavy atom. The van der Waals surface area contributed by atoms with Crippen LogP contribution in [0.25, 0.3) is 0 Å². The second-order valence-corrected chi connectivity index (χ2v) is 4.45. The molecule has 4 N–H and O–H groups in total. The van der Waals surface area contributed by atoms with Gasteiger partial charge in [-0.05, 0) is 12.1 Å². The molecule has 0 aliphatic carbocycles. The van der Waals surface area contributed by atoms with E-state index < -0.39 is 5.91 Å². The number of hydrazine groups is 1. The van der Waals surface area contributed by atoms with Gasteiger partial charge in [-0.2, -0.15) is 10.5 Å². The van der Waals surface area contributed by atoms with E-state index in [-0.39, 0.29) is 30.4 Å². The van der Waals surface area contributed by atoms with Gasteiger partial charge in [0, 0.05) is 12.4 Å². The Bertz CT molecular complexity index is 778. The fourth-order valence-electron chi connectivity index (χ4n) is 1.80. The third kappa shape index (κ3) is 3.84. The molecule has 120 valence electrons. The van der Waals surface area contributed by atoms with Crippen LogP contribution in [-0.4, -0.2) is 33.9 Å². The molecule has 2 aromatic rings. The van der Waals surface area contributed by atoms with Gasteiger partial charge >= 0.3 is 0 Å². The first-order valence-electron chi connectivity index (χ1n) is 6.73. The minimum Gasteiger partial charge on any atom is -0.393 e. The van der Waals surface area contributed by atoms with Crippen LogP contribution in [0.5, 0.6) is 0 Å². The fourth-order valence-corrected chi connectivity index (χ4v) is 1.80. The molecule has 0 atom stereocenters.